The van der Waals surface area contributed by atoms with Crippen LogP contribution in [-0.4, -0.2) is 59.0 Å². The number of rotatable bonds is 13. The number of imide groups is 1. The summed E-state index contributed by atoms with van der Waals surface area (Å²) in [6.45, 7) is 8.76. The third kappa shape index (κ3) is 8.82. The lowest BCUT2D eigenvalue weighted by Crippen LogP contribution is -2.54. The monoisotopic (exact) mass is 528 g/mol. The summed E-state index contributed by atoms with van der Waals surface area (Å²) in [5, 5.41) is 7.93. The van der Waals surface area contributed by atoms with Crippen molar-refractivity contribution in [3.8, 4) is 0 Å². The van der Waals surface area contributed by atoms with Gasteiger partial charge in [0.15, 0.2) is 0 Å². The van der Waals surface area contributed by atoms with Gasteiger partial charge in [-0.1, -0.05) is 39.8 Å². The van der Waals surface area contributed by atoms with Crippen LogP contribution in [0.25, 0.3) is 0 Å². The predicted octanol–water partition coefficient (Wildman–Crippen LogP) is 1.68. The molecule has 0 bridgehead atoms. The Kier molecular flexibility index (Phi) is 11.2. The van der Waals surface area contributed by atoms with E-state index in [-0.39, 0.29) is 37.4 Å². The van der Waals surface area contributed by atoms with Crippen LogP contribution in [0, 0.1) is 11.8 Å². The second-order valence-electron chi connectivity index (χ2n) is 9.53. The number of anilines is 1. The fraction of sp³-hybridized carbons (Fsp3) is 0.481. The molecule has 1 aromatic carbocycles. The summed E-state index contributed by atoms with van der Waals surface area (Å²) in [4.78, 5) is 73.8. The first-order valence-electron chi connectivity index (χ1n) is 12.6. The molecular formula is C27H36N4O7. The number of ether oxygens (including phenoxy) is 1. The Hall–Kier alpha value is -4.02. The lowest BCUT2D eigenvalue weighted by atomic mass is 10.0. The van der Waals surface area contributed by atoms with Crippen molar-refractivity contribution in [2.45, 2.75) is 66.2 Å². The highest BCUT2D eigenvalue weighted by Gasteiger charge is 2.28. The average molecular weight is 529 g/mol. The van der Waals surface area contributed by atoms with E-state index in [1.165, 1.54) is 6.92 Å². The van der Waals surface area contributed by atoms with Gasteiger partial charge in [0, 0.05) is 30.8 Å². The van der Waals surface area contributed by atoms with Crippen LogP contribution >= 0.6 is 0 Å². The highest BCUT2D eigenvalue weighted by molar-refractivity contribution is 6.13. The maximum atomic E-state index is 12.8. The van der Waals surface area contributed by atoms with Gasteiger partial charge >= 0.3 is 5.97 Å². The number of carbonyl (C=O) groups excluding carboxylic acids is 6. The number of nitrogens with one attached hydrogen (secondary N) is 3. The first kappa shape index (κ1) is 30.2. The van der Waals surface area contributed by atoms with Gasteiger partial charge in [-0.05, 0) is 37.0 Å². The van der Waals surface area contributed by atoms with Crippen LogP contribution in [0.2, 0.25) is 0 Å². The smallest absolute Gasteiger partial charge is 0.308 e. The van der Waals surface area contributed by atoms with E-state index in [1.807, 2.05) is 6.92 Å². The van der Waals surface area contributed by atoms with Gasteiger partial charge in [0.05, 0.1) is 5.92 Å². The van der Waals surface area contributed by atoms with E-state index < -0.39 is 41.6 Å². The second-order valence-corrected chi connectivity index (χ2v) is 9.53. The van der Waals surface area contributed by atoms with E-state index in [2.05, 4.69) is 16.0 Å². The van der Waals surface area contributed by atoms with Gasteiger partial charge in [0.2, 0.25) is 17.7 Å². The summed E-state index contributed by atoms with van der Waals surface area (Å²) < 4.78 is 5.26. The van der Waals surface area contributed by atoms with Gasteiger partial charge in [0.1, 0.15) is 18.7 Å². The molecule has 0 saturated heterocycles. The molecule has 38 heavy (non-hydrogen) atoms. The van der Waals surface area contributed by atoms with Crippen LogP contribution < -0.4 is 16.0 Å². The van der Waals surface area contributed by atoms with Crippen LogP contribution in [0.5, 0.6) is 0 Å². The lowest BCUT2D eigenvalue weighted by Gasteiger charge is -2.24. The first-order valence-corrected chi connectivity index (χ1v) is 12.6. The summed E-state index contributed by atoms with van der Waals surface area (Å²) in [6, 6.07) is 4.97. The molecule has 1 unspecified atom stereocenters. The summed E-state index contributed by atoms with van der Waals surface area (Å²) in [6.07, 6.45) is 2.82. The Balaban J connectivity index is 1.84. The second kappa shape index (κ2) is 14.1. The number of nitrogens with zero attached hydrogens (tertiary/aromatic N) is 1. The van der Waals surface area contributed by atoms with Crippen molar-refractivity contribution >= 4 is 41.2 Å². The molecule has 0 fully saturated rings. The Morgan fingerprint density at radius 1 is 0.895 bits per heavy atom. The Bertz CT molecular complexity index is 1060. The molecule has 0 saturated carbocycles. The molecule has 11 nitrogen and oxygen atoms in total. The van der Waals surface area contributed by atoms with E-state index in [0.717, 1.165) is 22.6 Å². The highest BCUT2D eigenvalue weighted by Crippen LogP contribution is 2.13. The molecule has 0 radical (unpaired) electrons. The quantitative estimate of drug-likeness (QED) is 0.260. The summed E-state index contributed by atoms with van der Waals surface area (Å²) in [5.74, 6) is -3.18. The van der Waals surface area contributed by atoms with Gasteiger partial charge in [0.25, 0.3) is 11.8 Å². The number of benzene rings is 1. The Morgan fingerprint density at radius 3 is 2.05 bits per heavy atom. The van der Waals surface area contributed by atoms with Crippen LogP contribution in [0.3, 0.4) is 0 Å². The zero-order valence-corrected chi connectivity index (χ0v) is 22.4. The zero-order valence-electron chi connectivity index (χ0n) is 22.4. The maximum Gasteiger partial charge on any atom is 0.308 e. The maximum absolute atomic E-state index is 12.8. The molecule has 1 aliphatic heterocycles. The Labute approximate surface area is 222 Å². The topological polar surface area (TPSA) is 151 Å². The van der Waals surface area contributed by atoms with Gasteiger partial charge in [-0.15, -0.1) is 0 Å². The molecule has 0 aromatic heterocycles. The fourth-order valence-electron chi connectivity index (χ4n) is 3.41. The summed E-state index contributed by atoms with van der Waals surface area (Å²) >= 11 is 0. The van der Waals surface area contributed by atoms with Crippen LogP contribution in [0.15, 0.2) is 36.4 Å². The van der Waals surface area contributed by atoms with Crippen molar-refractivity contribution in [2.24, 2.45) is 11.8 Å². The minimum atomic E-state index is -0.918. The van der Waals surface area contributed by atoms with Crippen molar-refractivity contribution in [3.63, 3.8) is 0 Å². The van der Waals surface area contributed by atoms with Gasteiger partial charge in [-0.2, -0.15) is 0 Å². The van der Waals surface area contributed by atoms with Gasteiger partial charge in [-0.25, -0.2) is 0 Å². The largest absolute Gasteiger partial charge is 0.461 e. The number of amides is 5. The molecule has 3 atom stereocenters. The van der Waals surface area contributed by atoms with Crippen molar-refractivity contribution in [1.29, 1.82) is 0 Å². The van der Waals surface area contributed by atoms with Gasteiger partial charge in [-0.3, -0.25) is 33.7 Å². The molecule has 1 aliphatic rings. The minimum Gasteiger partial charge on any atom is -0.461 e. The molecule has 206 valence electrons. The molecule has 0 aliphatic carbocycles. The van der Waals surface area contributed by atoms with E-state index in [1.54, 1.807) is 45.0 Å². The number of hydrogen-bond donors (Lipinski definition) is 3. The molecule has 2 rings (SSSR count). The zero-order chi connectivity index (χ0) is 28.4. The highest BCUT2D eigenvalue weighted by atomic mass is 16.5. The molecule has 1 aromatic rings. The normalized spacial score (nSPS) is 15.2. The SMILES string of the molecule is CCC(C)C(=O)OCc1ccc(NC(=O)[C@H](C)NC(=O)[C@@H](NC(=O)CCN2C(=O)C=CC2=O)C(C)C)cc1. The van der Waals surface area contributed by atoms with Crippen LogP contribution in [0.1, 0.15) is 53.0 Å². The van der Waals surface area contributed by atoms with Gasteiger partial charge < -0.3 is 20.7 Å². The first-order chi connectivity index (χ1) is 17.9. The standard InChI is InChI=1S/C27H36N4O7/c1-6-17(4)27(37)38-15-19-7-9-20(10-8-19)29-25(35)18(5)28-26(36)24(16(2)3)30-21(32)13-14-31-22(33)11-12-23(31)34/h7-12,16-18,24H,6,13-15H2,1-5H3,(H,28,36)(H,29,35)(H,30,32)/t17?,18-,24-/m0/s1. The minimum absolute atomic E-state index is 0.0964. The van der Waals surface area contributed by atoms with E-state index >= 15 is 0 Å². The molecule has 3 N–H and O–H groups in total. The van der Waals surface area contributed by atoms with Crippen molar-refractivity contribution in [3.05, 3.63) is 42.0 Å². The van der Waals surface area contributed by atoms with E-state index in [4.69, 9.17) is 4.74 Å². The van der Waals surface area contributed by atoms with Crippen molar-refractivity contribution < 1.29 is 33.5 Å². The molecule has 11 heteroatoms. The molecule has 0 spiro atoms. The number of hydrogen-bond acceptors (Lipinski definition) is 7. The Morgan fingerprint density at radius 2 is 1.50 bits per heavy atom. The van der Waals surface area contributed by atoms with E-state index in [9.17, 15) is 28.8 Å². The molecule has 5 amide bonds. The number of esters is 1. The van der Waals surface area contributed by atoms with Crippen LogP contribution in [0.4, 0.5) is 5.69 Å². The van der Waals surface area contributed by atoms with Crippen molar-refractivity contribution in [1.82, 2.24) is 15.5 Å². The van der Waals surface area contributed by atoms with Crippen molar-refractivity contribution in [2.75, 3.05) is 11.9 Å². The average Bonchev–Trinajstić information content (AvgIpc) is 3.21. The molecular weight excluding hydrogens is 492 g/mol. The predicted molar refractivity (Wildman–Crippen MR) is 139 cm³/mol. The summed E-state index contributed by atoms with van der Waals surface area (Å²) in [5.41, 5.74) is 1.27. The lowest BCUT2D eigenvalue weighted by molar-refractivity contribution is -0.149. The molecule has 1 heterocycles. The fourth-order valence-corrected chi connectivity index (χ4v) is 3.41. The third-order valence-corrected chi connectivity index (χ3v) is 6.10. The van der Waals surface area contributed by atoms with E-state index in [0.29, 0.717) is 12.1 Å². The number of carbonyl (C=O) groups is 6. The summed E-state index contributed by atoms with van der Waals surface area (Å²) in [7, 11) is 0. The third-order valence-electron chi connectivity index (χ3n) is 6.10. The van der Waals surface area contributed by atoms with Crippen LogP contribution in [-0.2, 0) is 40.1 Å².